The molecule has 1 aromatic carbocycles. The molecular formula is C20H30N4O. The summed E-state index contributed by atoms with van der Waals surface area (Å²) >= 11 is 0. The third-order valence-electron chi connectivity index (χ3n) is 4.77. The molecular weight excluding hydrogens is 312 g/mol. The van der Waals surface area contributed by atoms with E-state index in [0.29, 0.717) is 5.41 Å². The van der Waals surface area contributed by atoms with Gasteiger partial charge in [0, 0.05) is 44.6 Å². The van der Waals surface area contributed by atoms with Crippen LogP contribution in [0.1, 0.15) is 38.7 Å². The molecule has 0 bridgehead atoms. The van der Waals surface area contributed by atoms with Gasteiger partial charge in [0.1, 0.15) is 5.69 Å². The van der Waals surface area contributed by atoms with Crippen molar-refractivity contribution in [1.82, 2.24) is 15.0 Å². The minimum absolute atomic E-state index is 0.456. The number of nitrogens with zero attached hydrogens (tertiary/aromatic N) is 4. The first-order valence-electron chi connectivity index (χ1n) is 9.25. The second-order valence-corrected chi connectivity index (χ2v) is 7.97. The molecule has 2 aliphatic rings. The van der Waals surface area contributed by atoms with Gasteiger partial charge >= 0.3 is 0 Å². The highest BCUT2D eigenvalue weighted by molar-refractivity contribution is 5.67. The molecule has 2 aromatic rings. The third-order valence-corrected chi connectivity index (χ3v) is 4.77. The zero-order valence-corrected chi connectivity index (χ0v) is 16.0. The summed E-state index contributed by atoms with van der Waals surface area (Å²) in [4.78, 5) is 2.42. The minimum atomic E-state index is 0.456. The summed E-state index contributed by atoms with van der Waals surface area (Å²) in [5.41, 5.74) is 5.12. The average molecular weight is 342 g/mol. The van der Waals surface area contributed by atoms with Gasteiger partial charge in [-0.25, -0.2) is 0 Å². The van der Waals surface area contributed by atoms with Gasteiger partial charge in [0.05, 0.1) is 6.20 Å². The van der Waals surface area contributed by atoms with Gasteiger partial charge in [0.15, 0.2) is 0 Å². The van der Waals surface area contributed by atoms with E-state index in [9.17, 15) is 0 Å². The van der Waals surface area contributed by atoms with Crippen molar-refractivity contribution in [2.45, 2.75) is 40.0 Å². The second-order valence-electron chi connectivity index (χ2n) is 7.97. The Bertz CT molecular complexity index is 684. The molecule has 25 heavy (non-hydrogen) atoms. The summed E-state index contributed by atoms with van der Waals surface area (Å²) in [7, 11) is 1.89. The molecule has 2 aliphatic heterocycles. The van der Waals surface area contributed by atoms with Crippen molar-refractivity contribution in [3.8, 4) is 11.3 Å². The maximum Gasteiger partial charge on any atom is 0.113 e. The van der Waals surface area contributed by atoms with Gasteiger partial charge in [0.2, 0.25) is 0 Å². The summed E-state index contributed by atoms with van der Waals surface area (Å²) in [5.74, 6) is 0. The van der Waals surface area contributed by atoms with Gasteiger partial charge in [-0.1, -0.05) is 25.1 Å². The maximum atomic E-state index is 5.07. The van der Waals surface area contributed by atoms with Gasteiger partial charge in [-0.05, 0) is 49.3 Å². The highest BCUT2D eigenvalue weighted by Crippen LogP contribution is 2.35. The number of ether oxygens (including phenoxy) is 1. The Hall–Kier alpha value is -1.88. The molecule has 0 saturated carbocycles. The lowest BCUT2D eigenvalue weighted by molar-refractivity contribution is 0.0968. The van der Waals surface area contributed by atoms with Crippen LogP contribution in [0.5, 0.6) is 0 Å². The van der Waals surface area contributed by atoms with Crippen LogP contribution in [0.4, 0.5) is 5.69 Å². The molecule has 136 valence electrons. The van der Waals surface area contributed by atoms with E-state index in [0.717, 1.165) is 37.6 Å². The fraction of sp³-hybridized carbons (Fsp3) is 0.600. The predicted molar refractivity (Wildman–Crippen MR) is 102 cm³/mol. The number of benzene rings is 1. The molecule has 0 aliphatic carbocycles. The highest BCUT2D eigenvalue weighted by atomic mass is 16.5. The number of aryl methyl sites for hydroxylation is 2. The van der Waals surface area contributed by atoms with Crippen molar-refractivity contribution in [3.05, 3.63) is 30.0 Å². The van der Waals surface area contributed by atoms with E-state index in [4.69, 9.17) is 4.74 Å². The fourth-order valence-corrected chi connectivity index (χ4v) is 3.46. The maximum absolute atomic E-state index is 5.07. The lowest BCUT2D eigenvalue weighted by atomic mass is 9.84. The minimum Gasteiger partial charge on any atom is -0.381 e. The van der Waals surface area contributed by atoms with E-state index in [-0.39, 0.29) is 0 Å². The molecule has 5 nitrogen and oxygen atoms in total. The lowest BCUT2D eigenvalue weighted by Crippen LogP contribution is -2.53. The van der Waals surface area contributed by atoms with Gasteiger partial charge in [-0.2, -0.15) is 0 Å². The standard InChI is InChI=1S/C15H20N4.C5H10O/c1-11-7-12(19-9-15(2,3)10-19)5-6-13(11)14-8-18(4)17-16-14;1-2-4-6-5-3-1/h5-8H,9-10H2,1-4H3;1-5H2. The van der Waals surface area contributed by atoms with Crippen LogP contribution >= 0.6 is 0 Å². The number of hydrogen-bond donors (Lipinski definition) is 0. The summed E-state index contributed by atoms with van der Waals surface area (Å²) in [6.45, 7) is 11.0. The largest absolute Gasteiger partial charge is 0.381 e. The topological polar surface area (TPSA) is 43.2 Å². The molecule has 4 rings (SSSR count). The monoisotopic (exact) mass is 342 g/mol. The van der Waals surface area contributed by atoms with Gasteiger partial charge in [-0.3, -0.25) is 4.68 Å². The van der Waals surface area contributed by atoms with Crippen LogP contribution in [-0.4, -0.2) is 41.3 Å². The molecule has 2 saturated heterocycles. The van der Waals surface area contributed by atoms with Gasteiger partial charge in [0.25, 0.3) is 0 Å². The van der Waals surface area contributed by atoms with Crippen LogP contribution in [0.15, 0.2) is 24.4 Å². The first-order valence-corrected chi connectivity index (χ1v) is 9.25. The molecule has 0 amide bonds. The predicted octanol–water partition coefficient (Wildman–Crippen LogP) is 3.82. The van der Waals surface area contributed by atoms with E-state index in [2.05, 4.69) is 54.2 Å². The van der Waals surface area contributed by atoms with Crippen molar-refractivity contribution < 1.29 is 4.74 Å². The molecule has 2 fully saturated rings. The van der Waals surface area contributed by atoms with Crippen molar-refractivity contribution in [1.29, 1.82) is 0 Å². The number of anilines is 1. The molecule has 5 heteroatoms. The van der Waals surface area contributed by atoms with Crippen molar-refractivity contribution in [2.75, 3.05) is 31.2 Å². The zero-order chi connectivity index (χ0) is 17.9. The van der Waals surface area contributed by atoms with Crippen molar-refractivity contribution >= 4 is 5.69 Å². The summed E-state index contributed by atoms with van der Waals surface area (Å²) < 4.78 is 6.81. The molecule has 3 heterocycles. The molecule has 0 radical (unpaired) electrons. The summed E-state index contributed by atoms with van der Waals surface area (Å²) in [6.07, 6.45) is 5.88. The Morgan fingerprint density at radius 2 is 1.80 bits per heavy atom. The van der Waals surface area contributed by atoms with Crippen LogP contribution in [0, 0.1) is 12.3 Å². The van der Waals surface area contributed by atoms with Crippen LogP contribution in [0.25, 0.3) is 11.3 Å². The Balaban J connectivity index is 0.000000258. The third kappa shape index (κ3) is 4.60. The van der Waals surface area contributed by atoms with E-state index < -0.39 is 0 Å². The van der Waals surface area contributed by atoms with Crippen LogP contribution < -0.4 is 4.90 Å². The Labute approximate surface area is 151 Å². The summed E-state index contributed by atoms with van der Waals surface area (Å²) in [6, 6.07) is 6.59. The fourth-order valence-electron chi connectivity index (χ4n) is 3.46. The normalized spacial score (nSPS) is 19.0. The number of rotatable bonds is 2. The molecule has 0 unspecified atom stereocenters. The van der Waals surface area contributed by atoms with Crippen LogP contribution in [-0.2, 0) is 11.8 Å². The van der Waals surface area contributed by atoms with E-state index in [1.54, 1.807) is 4.68 Å². The Morgan fingerprint density at radius 1 is 1.08 bits per heavy atom. The smallest absolute Gasteiger partial charge is 0.113 e. The number of aromatic nitrogens is 3. The SMILES string of the molecule is C1CCOCC1.Cc1cc(N2CC(C)(C)C2)ccc1-c1cn(C)nn1. The lowest BCUT2D eigenvalue weighted by Gasteiger charge is -2.47. The van der Waals surface area contributed by atoms with Crippen LogP contribution in [0.2, 0.25) is 0 Å². The van der Waals surface area contributed by atoms with Crippen LogP contribution in [0.3, 0.4) is 0 Å². The van der Waals surface area contributed by atoms with E-state index in [1.165, 1.54) is 30.5 Å². The number of hydrogen-bond acceptors (Lipinski definition) is 4. The van der Waals surface area contributed by atoms with Crippen molar-refractivity contribution in [2.24, 2.45) is 12.5 Å². The average Bonchev–Trinajstić information content (AvgIpc) is 3.01. The van der Waals surface area contributed by atoms with Crippen molar-refractivity contribution in [3.63, 3.8) is 0 Å². The molecule has 0 spiro atoms. The zero-order valence-electron chi connectivity index (χ0n) is 16.0. The molecule has 1 aromatic heterocycles. The quantitative estimate of drug-likeness (QED) is 0.832. The Kier molecular flexibility index (Phi) is 5.42. The molecule has 0 atom stereocenters. The second kappa shape index (κ2) is 7.56. The van der Waals surface area contributed by atoms with Gasteiger partial charge < -0.3 is 9.64 Å². The van der Waals surface area contributed by atoms with E-state index >= 15 is 0 Å². The molecule has 0 N–H and O–H groups in total. The summed E-state index contributed by atoms with van der Waals surface area (Å²) in [5, 5.41) is 8.17. The van der Waals surface area contributed by atoms with Gasteiger partial charge in [-0.15, -0.1) is 5.10 Å². The highest BCUT2D eigenvalue weighted by Gasteiger charge is 2.34. The first-order chi connectivity index (χ1) is 11.9. The first kappa shape index (κ1) is 17.9. The Morgan fingerprint density at radius 3 is 2.24 bits per heavy atom. The van der Waals surface area contributed by atoms with E-state index in [1.807, 2.05) is 13.2 Å².